The summed E-state index contributed by atoms with van der Waals surface area (Å²) >= 11 is 1.00. The van der Waals surface area contributed by atoms with Crippen LogP contribution in [0.15, 0.2) is 40.6 Å². The molecule has 0 atom stereocenters. The predicted molar refractivity (Wildman–Crippen MR) is 88.7 cm³/mol. The number of rotatable bonds is 6. The molecule has 24 heavy (non-hydrogen) atoms. The van der Waals surface area contributed by atoms with E-state index < -0.39 is 16.0 Å². The summed E-state index contributed by atoms with van der Waals surface area (Å²) < 4.78 is 26.2. The Morgan fingerprint density at radius 3 is 2.58 bits per heavy atom. The van der Waals surface area contributed by atoms with Crippen molar-refractivity contribution in [2.24, 2.45) is 0 Å². The number of nitrogens with zero attached hydrogens (tertiary/aromatic N) is 1. The lowest BCUT2D eigenvalue weighted by molar-refractivity contribution is -0.254. The number of hydrogen-bond donors (Lipinski definition) is 1. The third kappa shape index (κ3) is 3.41. The molecular weight excluding hydrogens is 352 g/mol. The molecule has 1 amide bonds. The first-order valence-corrected chi connectivity index (χ1v) is 9.27. The molecule has 7 nitrogen and oxygen atoms in total. The van der Waals surface area contributed by atoms with Gasteiger partial charge in [-0.2, -0.15) is 0 Å². The number of aromatic carboxylic acids is 1. The fourth-order valence-electron chi connectivity index (χ4n) is 2.03. The summed E-state index contributed by atoms with van der Waals surface area (Å²) in [6.45, 7) is 2.19. The highest BCUT2D eigenvalue weighted by atomic mass is 32.2. The number of benzene rings is 1. The number of carboxylic acid groups (broad SMARTS) is 1. The molecule has 9 heteroatoms. The van der Waals surface area contributed by atoms with Gasteiger partial charge in [-0.25, -0.2) is 8.42 Å². The van der Waals surface area contributed by atoms with Gasteiger partial charge in [0.2, 0.25) is 0 Å². The Hall–Kier alpha value is -2.39. The van der Waals surface area contributed by atoms with Crippen LogP contribution in [0.2, 0.25) is 0 Å². The highest BCUT2D eigenvalue weighted by molar-refractivity contribution is 7.93. The van der Waals surface area contributed by atoms with E-state index in [1.165, 1.54) is 42.8 Å². The van der Waals surface area contributed by atoms with Crippen LogP contribution in [-0.2, 0) is 10.0 Å². The molecule has 0 fully saturated rings. The Morgan fingerprint density at radius 2 is 1.96 bits per heavy atom. The van der Waals surface area contributed by atoms with E-state index in [9.17, 15) is 23.1 Å². The van der Waals surface area contributed by atoms with Gasteiger partial charge in [-0.05, 0) is 19.1 Å². The number of carbonyl (C=O) groups excluding carboxylic acids is 2. The zero-order valence-corrected chi connectivity index (χ0v) is 14.6. The topological polar surface area (TPSA) is 107 Å². The summed E-state index contributed by atoms with van der Waals surface area (Å²) in [6.07, 6.45) is 0. The molecule has 1 N–H and O–H groups in total. The Kier molecular flexibility index (Phi) is 5.25. The summed E-state index contributed by atoms with van der Waals surface area (Å²) in [5.74, 6) is -1.83. The molecule has 0 saturated carbocycles. The molecule has 1 aromatic heterocycles. The molecule has 128 valence electrons. The van der Waals surface area contributed by atoms with Crippen LogP contribution in [0.25, 0.3) is 0 Å². The first-order valence-electron chi connectivity index (χ1n) is 6.95. The number of nitrogens with one attached hydrogen (secondary N) is 1. The van der Waals surface area contributed by atoms with Gasteiger partial charge in [0.15, 0.2) is 0 Å². The number of thiophene rings is 1. The first kappa shape index (κ1) is 18.0. The second kappa shape index (κ2) is 7.02. The van der Waals surface area contributed by atoms with Crippen molar-refractivity contribution in [3.8, 4) is 0 Å². The van der Waals surface area contributed by atoms with Gasteiger partial charge in [0.25, 0.3) is 15.9 Å². The van der Waals surface area contributed by atoms with Gasteiger partial charge in [-0.1, -0.05) is 18.2 Å². The van der Waals surface area contributed by atoms with E-state index in [-0.39, 0.29) is 26.9 Å². The van der Waals surface area contributed by atoms with Crippen LogP contribution in [0.5, 0.6) is 0 Å². The Morgan fingerprint density at radius 1 is 1.29 bits per heavy atom. The van der Waals surface area contributed by atoms with Crippen LogP contribution < -0.4 is 14.7 Å². The van der Waals surface area contributed by atoms with Crippen LogP contribution in [-0.4, -0.2) is 33.9 Å². The van der Waals surface area contributed by atoms with Crippen LogP contribution in [0, 0.1) is 0 Å². The molecule has 0 unspecified atom stereocenters. The molecule has 0 saturated heterocycles. The van der Waals surface area contributed by atoms with E-state index in [2.05, 4.69) is 5.32 Å². The molecule has 2 rings (SSSR count). The van der Waals surface area contributed by atoms with Crippen molar-refractivity contribution >= 4 is 38.9 Å². The number of anilines is 1. The minimum Gasteiger partial charge on any atom is -0.545 e. The van der Waals surface area contributed by atoms with Gasteiger partial charge >= 0.3 is 0 Å². The summed E-state index contributed by atoms with van der Waals surface area (Å²) in [7, 11) is -2.75. The smallest absolute Gasteiger partial charge is 0.264 e. The number of sulfonamides is 1. The van der Waals surface area contributed by atoms with Crippen molar-refractivity contribution in [1.29, 1.82) is 0 Å². The Balaban J connectivity index is 2.41. The van der Waals surface area contributed by atoms with Gasteiger partial charge in [-0.3, -0.25) is 9.10 Å². The van der Waals surface area contributed by atoms with Crippen LogP contribution in [0.3, 0.4) is 0 Å². The number of amides is 1. The quantitative estimate of drug-likeness (QED) is 0.808. The lowest BCUT2D eigenvalue weighted by Crippen LogP contribution is -2.31. The van der Waals surface area contributed by atoms with Crippen LogP contribution >= 0.6 is 11.3 Å². The zero-order valence-electron chi connectivity index (χ0n) is 13.0. The van der Waals surface area contributed by atoms with Crippen LogP contribution in [0.4, 0.5) is 5.69 Å². The van der Waals surface area contributed by atoms with Gasteiger partial charge < -0.3 is 15.2 Å². The zero-order chi connectivity index (χ0) is 17.9. The lowest BCUT2D eigenvalue weighted by Gasteiger charge is -2.22. The highest BCUT2D eigenvalue weighted by Crippen LogP contribution is 2.28. The van der Waals surface area contributed by atoms with Crippen molar-refractivity contribution < 1.29 is 23.1 Å². The average molecular weight is 367 g/mol. The standard InChI is InChI=1S/C15H16N2O5S2/c1-3-16-14(18)13-8-10(9-23-13)24(21,22)17(2)12-7-5-4-6-11(12)15(19)20/h4-9H,3H2,1-2H3,(H,16,18)(H,19,20)/p-1. The van der Waals surface area contributed by atoms with Crippen LogP contribution in [0.1, 0.15) is 27.0 Å². The molecular formula is C15H15N2O5S2-. The van der Waals surface area contributed by atoms with Crippen molar-refractivity contribution in [2.45, 2.75) is 11.8 Å². The van der Waals surface area contributed by atoms with Gasteiger partial charge in [0.05, 0.1) is 21.4 Å². The van der Waals surface area contributed by atoms with Gasteiger partial charge in [0.1, 0.15) is 0 Å². The van der Waals surface area contributed by atoms with E-state index in [0.717, 1.165) is 15.6 Å². The minimum absolute atomic E-state index is 0.0109. The monoisotopic (exact) mass is 367 g/mol. The highest BCUT2D eigenvalue weighted by Gasteiger charge is 2.25. The Labute approximate surface area is 143 Å². The summed E-state index contributed by atoms with van der Waals surface area (Å²) in [4.78, 5) is 23.1. The third-order valence-corrected chi connectivity index (χ3v) is 6.09. The Bertz CT molecular complexity index is 873. The molecule has 0 aliphatic carbocycles. The second-order valence-electron chi connectivity index (χ2n) is 4.78. The molecule has 0 bridgehead atoms. The number of carbonyl (C=O) groups is 2. The van der Waals surface area contributed by atoms with Gasteiger partial charge in [0, 0.05) is 24.5 Å². The summed E-state index contributed by atoms with van der Waals surface area (Å²) in [5, 5.41) is 15.1. The van der Waals surface area contributed by atoms with E-state index in [4.69, 9.17) is 0 Å². The number of carboxylic acids is 1. The molecule has 0 spiro atoms. The maximum Gasteiger partial charge on any atom is 0.264 e. The molecule has 1 heterocycles. The predicted octanol–water partition coefficient (Wildman–Crippen LogP) is 0.686. The molecule has 1 aromatic carbocycles. The van der Waals surface area contributed by atoms with Crippen molar-refractivity contribution in [3.05, 3.63) is 46.2 Å². The van der Waals surface area contributed by atoms with Crippen molar-refractivity contribution in [1.82, 2.24) is 5.32 Å². The fourth-order valence-corrected chi connectivity index (χ4v) is 4.42. The largest absolute Gasteiger partial charge is 0.545 e. The second-order valence-corrected chi connectivity index (χ2v) is 7.66. The number of hydrogen-bond acceptors (Lipinski definition) is 6. The maximum absolute atomic E-state index is 12.7. The van der Waals surface area contributed by atoms with E-state index in [0.29, 0.717) is 6.54 Å². The molecule has 0 aliphatic heterocycles. The average Bonchev–Trinajstić information content (AvgIpc) is 3.05. The van der Waals surface area contributed by atoms with Crippen molar-refractivity contribution in [3.63, 3.8) is 0 Å². The SMILES string of the molecule is CCNC(=O)c1cc(S(=O)(=O)N(C)c2ccccc2C(=O)[O-])cs1. The fraction of sp³-hybridized carbons (Fsp3) is 0.200. The molecule has 0 radical (unpaired) electrons. The van der Waals surface area contributed by atoms with E-state index in [1.807, 2.05) is 0 Å². The van der Waals surface area contributed by atoms with E-state index >= 15 is 0 Å². The third-order valence-electron chi connectivity index (χ3n) is 3.26. The van der Waals surface area contributed by atoms with Crippen molar-refractivity contribution in [2.75, 3.05) is 17.9 Å². The lowest BCUT2D eigenvalue weighted by atomic mass is 10.2. The minimum atomic E-state index is -4.00. The van der Waals surface area contributed by atoms with E-state index in [1.54, 1.807) is 6.92 Å². The van der Waals surface area contributed by atoms with Gasteiger partial charge in [-0.15, -0.1) is 11.3 Å². The maximum atomic E-state index is 12.7. The summed E-state index contributed by atoms with van der Waals surface area (Å²) in [5.41, 5.74) is -0.244. The molecule has 0 aliphatic rings. The first-order chi connectivity index (χ1) is 11.3. The molecule has 2 aromatic rings. The number of para-hydroxylation sites is 1. The normalized spacial score (nSPS) is 11.1. The summed E-state index contributed by atoms with van der Waals surface area (Å²) in [6, 6.07) is 6.92.